The van der Waals surface area contributed by atoms with Gasteiger partial charge in [0.2, 0.25) is 0 Å². The van der Waals surface area contributed by atoms with Crippen LogP contribution >= 0.6 is 0 Å². The van der Waals surface area contributed by atoms with E-state index < -0.39 is 5.60 Å². The van der Waals surface area contributed by atoms with Gasteiger partial charge < -0.3 is 5.11 Å². The van der Waals surface area contributed by atoms with Crippen molar-refractivity contribution in [1.29, 1.82) is 0 Å². The van der Waals surface area contributed by atoms with Gasteiger partial charge in [-0.15, -0.1) is 5.10 Å². The highest BCUT2D eigenvalue weighted by Crippen LogP contribution is 2.50. The Kier molecular flexibility index (Phi) is 3.05. The van der Waals surface area contributed by atoms with Gasteiger partial charge in [0, 0.05) is 19.7 Å². The first-order chi connectivity index (χ1) is 8.09. The molecule has 0 unspecified atom stereocenters. The lowest BCUT2D eigenvalue weighted by atomic mass is 9.59. The van der Waals surface area contributed by atoms with E-state index in [9.17, 15) is 5.11 Å². The van der Waals surface area contributed by atoms with Crippen molar-refractivity contribution in [2.75, 3.05) is 0 Å². The van der Waals surface area contributed by atoms with Crippen molar-refractivity contribution in [3.63, 3.8) is 0 Å². The normalized spacial score (nSPS) is 25.0. The standard InChI is InChI=1S/C14H25N3O/c1-12(2)8-13(3,4)10-14(18,9-12)6-11-7-17(5)16-15-11/h7,18H,6,8-10H2,1-5H3. The molecule has 4 heteroatoms. The molecule has 0 aromatic carbocycles. The van der Waals surface area contributed by atoms with Gasteiger partial charge in [-0.2, -0.15) is 0 Å². The molecule has 102 valence electrons. The van der Waals surface area contributed by atoms with E-state index in [0.29, 0.717) is 6.42 Å². The van der Waals surface area contributed by atoms with Gasteiger partial charge in [0.1, 0.15) is 0 Å². The van der Waals surface area contributed by atoms with Gasteiger partial charge in [-0.05, 0) is 30.1 Å². The fourth-order valence-electron chi connectivity index (χ4n) is 4.20. The maximum absolute atomic E-state index is 10.9. The Bertz CT molecular complexity index is 418. The number of hydrogen-bond acceptors (Lipinski definition) is 3. The van der Waals surface area contributed by atoms with Crippen LogP contribution in [-0.2, 0) is 13.5 Å². The Morgan fingerprint density at radius 1 is 1.17 bits per heavy atom. The van der Waals surface area contributed by atoms with Crippen molar-refractivity contribution in [1.82, 2.24) is 15.0 Å². The molecular formula is C14H25N3O. The van der Waals surface area contributed by atoms with Gasteiger partial charge in [0.25, 0.3) is 0 Å². The molecule has 1 aliphatic rings. The first kappa shape index (κ1) is 13.5. The van der Waals surface area contributed by atoms with Crippen molar-refractivity contribution >= 4 is 0 Å². The first-order valence-corrected chi connectivity index (χ1v) is 6.67. The van der Waals surface area contributed by atoms with Crippen LogP contribution in [0.2, 0.25) is 0 Å². The summed E-state index contributed by atoms with van der Waals surface area (Å²) in [5.74, 6) is 0. The second-order valence-electron chi connectivity index (χ2n) is 7.64. The minimum absolute atomic E-state index is 0.179. The Morgan fingerprint density at radius 2 is 1.72 bits per heavy atom. The maximum Gasteiger partial charge on any atom is 0.0855 e. The van der Waals surface area contributed by atoms with E-state index in [1.165, 1.54) is 0 Å². The monoisotopic (exact) mass is 251 g/mol. The summed E-state index contributed by atoms with van der Waals surface area (Å²) in [5.41, 5.74) is 0.590. The molecule has 2 rings (SSSR count). The molecule has 1 aromatic rings. The molecule has 0 bridgehead atoms. The van der Waals surface area contributed by atoms with Crippen LogP contribution in [-0.4, -0.2) is 25.7 Å². The summed E-state index contributed by atoms with van der Waals surface area (Å²) in [5, 5.41) is 19.0. The number of nitrogens with zero attached hydrogens (tertiary/aromatic N) is 3. The molecule has 0 radical (unpaired) electrons. The number of hydrogen-bond donors (Lipinski definition) is 1. The lowest BCUT2D eigenvalue weighted by Crippen LogP contribution is -2.47. The Hall–Kier alpha value is -0.900. The van der Waals surface area contributed by atoms with Crippen molar-refractivity contribution < 1.29 is 5.11 Å². The molecule has 1 fully saturated rings. The Balaban J connectivity index is 2.19. The third-order valence-corrected chi connectivity index (χ3v) is 3.73. The molecule has 0 amide bonds. The molecule has 0 aliphatic heterocycles. The average Bonchev–Trinajstić information content (AvgIpc) is 2.42. The minimum atomic E-state index is -0.652. The van der Waals surface area contributed by atoms with Gasteiger partial charge in [0.05, 0.1) is 11.3 Å². The van der Waals surface area contributed by atoms with Crippen LogP contribution in [0, 0.1) is 10.8 Å². The quantitative estimate of drug-likeness (QED) is 0.877. The smallest absolute Gasteiger partial charge is 0.0855 e. The Morgan fingerprint density at radius 3 is 2.17 bits per heavy atom. The van der Waals surface area contributed by atoms with Crippen molar-refractivity contribution in [3.8, 4) is 0 Å². The summed E-state index contributed by atoms with van der Waals surface area (Å²) >= 11 is 0. The molecule has 1 aliphatic carbocycles. The van der Waals surface area contributed by atoms with Crippen LogP contribution in [0.4, 0.5) is 0 Å². The summed E-state index contributed by atoms with van der Waals surface area (Å²) in [4.78, 5) is 0. The molecule has 0 spiro atoms. The number of aromatic nitrogens is 3. The topological polar surface area (TPSA) is 50.9 Å². The summed E-state index contributed by atoms with van der Waals surface area (Å²) in [6.45, 7) is 8.98. The summed E-state index contributed by atoms with van der Waals surface area (Å²) in [6.07, 6.45) is 5.32. The van der Waals surface area contributed by atoms with Crippen LogP contribution in [0.5, 0.6) is 0 Å². The summed E-state index contributed by atoms with van der Waals surface area (Å²) in [7, 11) is 1.86. The highest BCUT2D eigenvalue weighted by Gasteiger charge is 2.46. The second kappa shape index (κ2) is 4.05. The van der Waals surface area contributed by atoms with E-state index in [0.717, 1.165) is 25.0 Å². The van der Waals surface area contributed by atoms with Gasteiger partial charge in [-0.3, -0.25) is 4.68 Å². The van der Waals surface area contributed by atoms with E-state index in [4.69, 9.17) is 0 Å². The predicted octanol–water partition coefficient (Wildman–Crippen LogP) is 2.33. The zero-order valence-corrected chi connectivity index (χ0v) is 12.2. The highest BCUT2D eigenvalue weighted by molar-refractivity contribution is 5.05. The number of aryl methyl sites for hydroxylation is 1. The minimum Gasteiger partial charge on any atom is -0.389 e. The van der Waals surface area contributed by atoms with E-state index in [1.807, 2.05) is 13.2 Å². The molecular weight excluding hydrogens is 226 g/mol. The molecule has 0 saturated heterocycles. The highest BCUT2D eigenvalue weighted by atomic mass is 16.3. The lowest BCUT2D eigenvalue weighted by molar-refractivity contribution is -0.0855. The van der Waals surface area contributed by atoms with E-state index in [-0.39, 0.29) is 10.8 Å². The molecule has 0 atom stereocenters. The average molecular weight is 251 g/mol. The third kappa shape index (κ3) is 3.10. The third-order valence-electron chi connectivity index (χ3n) is 3.73. The number of rotatable bonds is 2. The van der Waals surface area contributed by atoms with Crippen LogP contribution in [0.15, 0.2) is 6.20 Å². The predicted molar refractivity (Wildman–Crippen MR) is 71.1 cm³/mol. The second-order valence-corrected chi connectivity index (χ2v) is 7.64. The molecule has 18 heavy (non-hydrogen) atoms. The largest absolute Gasteiger partial charge is 0.389 e. The van der Waals surface area contributed by atoms with Gasteiger partial charge >= 0.3 is 0 Å². The van der Waals surface area contributed by atoms with Crippen molar-refractivity contribution in [2.24, 2.45) is 17.9 Å². The van der Waals surface area contributed by atoms with Crippen molar-refractivity contribution in [2.45, 2.75) is 59.0 Å². The lowest BCUT2D eigenvalue weighted by Gasteiger charge is -2.49. The van der Waals surface area contributed by atoms with E-state index in [1.54, 1.807) is 4.68 Å². The Labute approximate surface area is 109 Å². The summed E-state index contributed by atoms with van der Waals surface area (Å²) < 4.78 is 1.69. The molecule has 4 nitrogen and oxygen atoms in total. The van der Waals surface area contributed by atoms with Crippen LogP contribution < -0.4 is 0 Å². The van der Waals surface area contributed by atoms with Crippen LogP contribution in [0.25, 0.3) is 0 Å². The molecule has 1 aromatic heterocycles. The van der Waals surface area contributed by atoms with Gasteiger partial charge in [-0.25, -0.2) is 0 Å². The molecule has 1 N–H and O–H groups in total. The van der Waals surface area contributed by atoms with Crippen molar-refractivity contribution in [3.05, 3.63) is 11.9 Å². The fourth-order valence-corrected chi connectivity index (χ4v) is 4.20. The summed E-state index contributed by atoms with van der Waals surface area (Å²) in [6, 6.07) is 0. The first-order valence-electron chi connectivity index (χ1n) is 6.67. The zero-order chi connectivity index (χ0) is 13.6. The van der Waals surface area contributed by atoms with Gasteiger partial charge in [-0.1, -0.05) is 32.9 Å². The van der Waals surface area contributed by atoms with Crippen LogP contribution in [0.1, 0.15) is 52.7 Å². The van der Waals surface area contributed by atoms with Gasteiger partial charge in [0.15, 0.2) is 0 Å². The molecule has 1 heterocycles. The SMILES string of the molecule is Cn1cc(CC2(O)CC(C)(C)CC(C)(C)C2)nn1. The van der Waals surface area contributed by atoms with E-state index >= 15 is 0 Å². The van der Waals surface area contributed by atoms with E-state index in [2.05, 4.69) is 38.0 Å². The fraction of sp³-hybridized carbons (Fsp3) is 0.857. The maximum atomic E-state index is 10.9. The van der Waals surface area contributed by atoms with Crippen LogP contribution in [0.3, 0.4) is 0 Å². The number of aliphatic hydroxyl groups is 1. The zero-order valence-electron chi connectivity index (χ0n) is 12.2. The molecule has 1 saturated carbocycles.